The average molecular weight is 183 g/mol. The summed E-state index contributed by atoms with van der Waals surface area (Å²) in [6, 6.07) is 0. The number of hydrogen-bond acceptors (Lipinski definition) is 1. The first-order chi connectivity index (χ1) is 6.27. The highest BCUT2D eigenvalue weighted by Crippen LogP contribution is 2.02. The predicted molar refractivity (Wildman–Crippen MR) is 61.0 cm³/mol. The van der Waals surface area contributed by atoms with Crippen molar-refractivity contribution in [1.82, 2.24) is 5.32 Å². The van der Waals surface area contributed by atoms with Crippen molar-refractivity contribution in [2.75, 3.05) is 13.1 Å². The molecule has 0 aliphatic heterocycles. The van der Waals surface area contributed by atoms with Crippen LogP contribution in [0.2, 0.25) is 0 Å². The lowest BCUT2D eigenvalue weighted by molar-refractivity contribution is 0.619. The molecule has 0 saturated carbocycles. The fraction of sp³-hybridized carbons (Fsp3) is 0.833. The van der Waals surface area contributed by atoms with Crippen molar-refractivity contribution in [3.05, 3.63) is 12.2 Å². The van der Waals surface area contributed by atoms with Gasteiger partial charge < -0.3 is 5.32 Å². The number of allylic oxidation sites excluding steroid dienone is 2. The lowest BCUT2D eigenvalue weighted by Crippen LogP contribution is -2.13. The van der Waals surface area contributed by atoms with E-state index in [0.29, 0.717) is 5.92 Å². The van der Waals surface area contributed by atoms with Gasteiger partial charge in [0, 0.05) is 0 Å². The smallest absolute Gasteiger partial charge is 0.00490 e. The average Bonchev–Trinajstić information content (AvgIpc) is 2.09. The van der Waals surface area contributed by atoms with Gasteiger partial charge in [-0.25, -0.2) is 0 Å². The molecule has 0 radical (unpaired) electrons. The molecule has 0 atom stereocenters. The monoisotopic (exact) mass is 183 g/mol. The largest absolute Gasteiger partial charge is 0.317 e. The Kier molecular flexibility index (Phi) is 9.56. The Morgan fingerprint density at radius 2 is 1.92 bits per heavy atom. The predicted octanol–water partition coefficient (Wildman–Crippen LogP) is 3.37. The Bertz CT molecular complexity index is 116. The summed E-state index contributed by atoms with van der Waals surface area (Å²) >= 11 is 0. The van der Waals surface area contributed by atoms with Crippen molar-refractivity contribution < 1.29 is 0 Å². The fourth-order valence-electron chi connectivity index (χ4n) is 1.23. The van der Waals surface area contributed by atoms with E-state index < -0.39 is 0 Å². The van der Waals surface area contributed by atoms with E-state index in [9.17, 15) is 0 Å². The van der Waals surface area contributed by atoms with Gasteiger partial charge in [-0.05, 0) is 38.3 Å². The molecule has 0 aromatic rings. The van der Waals surface area contributed by atoms with Crippen LogP contribution < -0.4 is 5.32 Å². The highest BCUT2D eigenvalue weighted by atomic mass is 14.8. The summed E-state index contributed by atoms with van der Waals surface area (Å²) < 4.78 is 0. The third kappa shape index (κ3) is 11.7. The van der Waals surface area contributed by atoms with E-state index in [2.05, 4.69) is 38.2 Å². The topological polar surface area (TPSA) is 12.0 Å². The SMILES string of the molecule is CCNCCCCC/C=C/C(C)C. The maximum absolute atomic E-state index is 3.34. The molecule has 0 aliphatic rings. The fourth-order valence-corrected chi connectivity index (χ4v) is 1.23. The van der Waals surface area contributed by atoms with Gasteiger partial charge in [0.05, 0.1) is 0 Å². The molecule has 0 spiro atoms. The zero-order valence-corrected chi connectivity index (χ0v) is 9.47. The van der Waals surface area contributed by atoms with E-state index in [4.69, 9.17) is 0 Å². The van der Waals surface area contributed by atoms with Gasteiger partial charge in [0.1, 0.15) is 0 Å². The molecule has 0 aromatic heterocycles. The van der Waals surface area contributed by atoms with Gasteiger partial charge in [-0.1, -0.05) is 39.3 Å². The maximum atomic E-state index is 3.34. The molecule has 1 nitrogen and oxygen atoms in total. The van der Waals surface area contributed by atoms with Crippen molar-refractivity contribution in [3.63, 3.8) is 0 Å². The summed E-state index contributed by atoms with van der Waals surface area (Å²) in [5.74, 6) is 0.710. The van der Waals surface area contributed by atoms with E-state index in [1.54, 1.807) is 0 Å². The lowest BCUT2D eigenvalue weighted by Gasteiger charge is -2.00. The third-order valence-corrected chi connectivity index (χ3v) is 2.00. The molecule has 0 bridgehead atoms. The molecular formula is C12H25N. The highest BCUT2D eigenvalue weighted by Gasteiger charge is 1.87. The van der Waals surface area contributed by atoms with Crippen LogP contribution in [0.25, 0.3) is 0 Å². The second kappa shape index (κ2) is 9.79. The minimum atomic E-state index is 0.710. The van der Waals surface area contributed by atoms with E-state index in [1.165, 1.54) is 32.2 Å². The Hall–Kier alpha value is -0.300. The van der Waals surface area contributed by atoms with Gasteiger partial charge in [-0.15, -0.1) is 0 Å². The van der Waals surface area contributed by atoms with Crippen LogP contribution in [0.1, 0.15) is 46.5 Å². The zero-order valence-electron chi connectivity index (χ0n) is 9.47. The number of rotatable bonds is 8. The first kappa shape index (κ1) is 12.7. The third-order valence-electron chi connectivity index (χ3n) is 2.00. The Morgan fingerprint density at radius 1 is 1.15 bits per heavy atom. The van der Waals surface area contributed by atoms with Crippen LogP contribution in [0.15, 0.2) is 12.2 Å². The lowest BCUT2D eigenvalue weighted by atomic mass is 10.1. The Morgan fingerprint density at radius 3 is 2.54 bits per heavy atom. The summed E-state index contributed by atoms with van der Waals surface area (Å²) in [5.41, 5.74) is 0. The first-order valence-electron chi connectivity index (χ1n) is 5.64. The van der Waals surface area contributed by atoms with Crippen molar-refractivity contribution in [3.8, 4) is 0 Å². The molecule has 13 heavy (non-hydrogen) atoms. The molecule has 0 saturated heterocycles. The minimum Gasteiger partial charge on any atom is -0.317 e. The molecule has 0 rings (SSSR count). The maximum Gasteiger partial charge on any atom is -0.00490 e. The highest BCUT2D eigenvalue weighted by molar-refractivity contribution is 4.83. The van der Waals surface area contributed by atoms with Crippen LogP contribution in [0.4, 0.5) is 0 Å². The van der Waals surface area contributed by atoms with Crippen LogP contribution in [0.5, 0.6) is 0 Å². The zero-order chi connectivity index (χ0) is 9.94. The van der Waals surface area contributed by atoms with Crippen molar-refractivity contribution in [2.24, 2.45) is 5.92 Å². The van der Waals surface area contributed by atoms with Gasteiger partial charge in [-0.2, -0.15) is 0 Å². The molecule has 78 valence electrons. The van der Waals surface area contributed by atoms with E-state index in [0.717, 1.165) is 6.54 Å². The molecule has 0 fully saturated rings. The van der Waals surface area contributed by atoms with E-state index >= 15 is 0 Å². The number of nitrogens with one attached hydrogen (secondary N) is 1. The molecule has 0 aromatic carbocycles. The van der Waals surface area contributed by atoms with Crippen molar-refractivity contribution in [2.45, 2.75) is 46.5 Å². The van der Waals surface area contributed by atoms with Gasteiger partial charge in [-0.3, -0.25) is 0 Å². The van der Waals surface area contributed by atoms with Crippen LogP contribution >= 0.6 is 0 Å². The van der Waals surface area contributed by atoms with E-state index in [-0.39, 0.29) is 0 Å². The summed E-state index contributed by atoms with van der Waals surface area (Å²) in [4.78, 5) is 0. The van der Waals surface area contributed by atoms with Crippen LogP contribution in [0, 0.1) is 5.92 Å². The van der Waals surface area contributed by atoms with Crippen molar-refractivity contribution >= 4 is 0 Å². The molecule has 0 heterocycles. The Labute approximate surface area is 83.6 Å². The van der Waals surface area contributed by atoms with Crippen LogP contribution in [-0.4, -0.2) is 13.1 Å². The first-order valence-corrected chi connectivity index (χ1v) is 5.64. The second-order valence-electron chi connectivity index (χ2n) is 3.88. The van der Waals surface area contributed by atoms with Gasteiger partial charge in [0.15, 0.2) is 0 Å². The summed E-state index contributed by atoms with van der Waals surface area (Å²) in [7, 11) is 0. The second-order valence-corrected chi connectivity index (χ2v) is 3.88. The number of hydrogen-bond donors (Lipinski definition) is 1. The summed E-state index contributed by atoms with van der Waals surface area (Å²) in [5, 5.41) is 3.34. The van der Waals surface area contributed by atoms with Crippen molar-refractivity contribution in [1.29, 1.82) is 0 Å². The Balaban J connectivity index is 2.99. The molecule has 0 aliphatic carbocycles. The minimum absolute atomic E-state index is 0.710. The van der Waals surface area contributed by atoms with Gasteiger partial charge >= 0.3 is 0 Å². The van der Waals surface area contributed by atoms with Gasteiger partial charge in [0.25, 0.3) is 0 Å². The standard InChI is InChI=1S/C12H25N/c1-4-13-11-9-7-5-6-8-10-12(2)3/h8,10,12-13H,4-7,9,11H2,1-3H3/b10-8+. The molecule has 0 amide bonds. The quantitative estimate of drug-likeness (QED) is 0.449. The molecule has 1 N–H and O–H groups in total. The molecule has 0 unspecified atom stereocenters. The van der Waals surface area contributed by atoms with Crippen LogP contribution in [0.3, 0.4) is 0 Å². The summed E-state index contributed by atoms with van der Waals surface area (Å²) in [6.07, 6.45) is 9.89. The van der Waals surface area contributed by atoms with E-state index in [1.807, 2.05) is 0 Å². The number of unbranched alkanes of at least 4 members (excludes halogenated alkanes) is 3. The summed E-state index contributed by atoms with van der Waals surface area (Å²) in [6.45, 7) is 8.90. The van der Waals surface area contributed by atoms with Gasteiger partial charge in [0.2, 0.25) is 0 Å². The molecular weight excluding hydrogens is 158 g/mol. The molecule has 1 heteroatoms. The normalized spacial score (nSPS) is 11.7. The van der Waals surface area contributed by atoms with Crippen LogP contribution in [-0.2, 0) is 0 Å².